The van der Waals surface area contributed by atoms with Gasteiger partial charge < -0.3 is 0 Å². The van der Waals surface area contributed by atoms with E-state index in [1.54, 1.807) is 0 Å². The fraction of sp³-hybridized carbons (Fsp3) is 0. The summed E-state index contributed by atoms with van der Waals surface area (Å²) in [6.45, 7) is 0. The molecule has 0 radical (unpaired) electrons. The molecule has 0 N–H and O–H groups in total. The van der Waals surface area contributed by atoms with Crippen molar-refractivity contribution >= 4 is 21.5 Å². The maximum atomic E-state index is 5.18. The third-order valence-electron chi connectivity index (χ3n) is 7.91. The molecule has 0 spiro atoms. The van der Waals surface area contributed by atoms with Crippen molar-refractivity contribution in [1.29, 1.82) is 0 Å². The summed E-state index contributed by atoms with van der Waals surface area (Å²) in [5.41, 5.74) is 7.15. The Morgan fingerprint density at radius 1 is 0.295 bits per heavy atom. The van der Waals surface area contributed by atoms with E-state index in [9.17, 15) is 0 Å². The van der Waals surface area contributed by atoms with Gasteiger partial charge in [-0.2, -0.15) is 0 Å². The lowest BCUT2D eigenvalue weighted by molar-refractivity contribution is 1.14. The van der Waals surface area contributed by atoms with E-state index in [1.807, 2.05) is 48.5 Å². The average molecular weight is 563 g/mol. The minimum Gasteiger partial charge on any atom is -0.228 e. The first-order valence-electron chi connectivity index (χ1n) is 14.7. The topological polar surface area (TPSA) is 51.6 Å². The van der Waals surface area contributed by atoms with Crippen molar-refractivity contribution in [1.82, 2.24) is 19.9 Å². The lowest BCUT2D eigenvalue weighted by atomic mass is 10.0. The molecule has 2 heterocycles. The van der Waals surface area contributed by atoms with Crippen molar-refractivity contribution in [2.24, 2.45) is 0 Å². The van der Waals surface area contributed by atoms with Gasteiger partial charge in [0.15, 0.2) is 11.6 Å². The van der Waals surface area contributed by atoms with Crippen LogP contribution in [0.4, 0.5) is 0 Å². The van der Waals surface area contributed by atoms with Crippen LogP contribution in [-0.2, 0) is 0 Å². The molecule has 0 saturated carbocycles. The second kappa shape index (κ2) is 11.0. The lowest BCUT2D eigenvalue weighted by Crippen LogP contribution is -2.00. The molecule has 0 bridgehead atoms. The highest BCUT2D eigenvalue weighted by Gasteiger charge is 2.17. The van der Waals surface area contributed by atoms with Crippen LogP contribution in [0.1, 0.15) is 0 Å². The molecule has 0 aliphatic carbocycles. The van der Waals surface area contributed by atoms with Crippen molar-refractivity contribution in [3.05, 3.63) is 158 Å². The van der Waals surface area contributed by atoms with Gasteiger partial charge in [0.1, 0.15) is 0 Å². The molecule has 2 aromatic heterocycles. The zero-order valence-electron chi connectivity index (χ0n) is 23.8. The summed E-state index contributed by atoms with van der Waals surface area (Å²) in [7, 11) is 0. The molecule has 0 amide bonds. The number of fused-ring (bicyclic) bond motifs is 2. The van der Waals surface area contributed by atoms with Crippen molar-refractivity contribution in [2.45, 2.75) is 0 Å². The van der Waals surface area contributed by atoms with Gasteiger partial charge in [-0.3, -0.25) is 0 Å². The molecule has 4 nitrogen and oxygen atoms in total. The molecule has 44 heavy (non-hydrogen) atoms. The zero-order valence-corrected chi connectivity index (χ0v) is 23.8. The van der Waals surface area contributed by atoms with Crippen LogP contribution in [0.2, 0.25) is 0 Å². The maximum absolute atomic E-state index is 5.18. The number of benzene rings is 6. The van der Waals surface area contributed by atoms with Crippen molar-refractivity contribution in [3.8, 4) is 56.7 Å². The third-order valence-corrected chi connectivity index (χ3v) is 7.91. The predicted octanol–water partition coefficient (Wildman–Crippen LogP) is 9.91. The maximum Gasteiger partial charge on any atom is 0.161 e. The highest BCUT2D eigenvalue weighted by atomic mass is 14.9. The zero-order chi connectivity index (χ0) is 29.3. The van der Waals surface area contributed by atoms with E-state index in [0.717, 1.165) is 66.6 Å². The first kappa shape index (κ1) is 25.7. The number of aromatic nitrogens is 4. The van der Waals surface area contributed by atoms with E-state index in [-0.39, 0.29) is 0 Å². The van der Waals surface area contributed by atoms with Crippen molar-refractivity contribution in [2.75, 3.05) is 0 Å². The minimum absolute atomic E-state index is 0.657. The molecule has 0 aliphatic heterocycles. The summed E-state index contributed by atoms with van der Waals surface area (Å²) >= 11 is 0. The Morgan fingerprint density at radius 2 is 0.659 bits per heavy atom. The summed E-state index contributed by atoms with van der Waals surface area (Å²) in [4.78, 5) is 20.6. The SMILES string of the molecule is c1ccc(-c2cc(-c3cc(-c4ccccc4)nc(-c4cccc5ccccc45)n3)nc(-c3cccc4ccccc34)n2)cc1. The first-order valence-corrected chi connectivity index (χ1v) is 14.7. The van der Waals surface area contributed by atoms with Crippen molar-refractivity contribution < 1.29 is 0 Å². The van der Waals surface area contributed by atoms with Gasteiger partial charge in [0, 0.05) is 22.3 Å². The molecule has 0 aliphatic rings. The van der Waals surface area contributed by atoms with Crippen LogP contribution in [0, 0.1) is 0 Å². The molecule has 0 unspecified atom stereocenters. The Morgan fingerprint density at radius 3 is 1.11 bits per heavy atom. The van der Waals surface area contributed by atoms with E-state index in [2.05, 4.69) is 109 Å². The van der Waals surface area contributed by atoms with E-state index in [1.165, 1.54) is 0 Å². The molecule has 8 aromatic rings. The lowest BCUT2D eigenvalue weighted by Gasteiger charge is -2.13. The fourth-order valence-electron chi connectivity index (χ4n) is 5.75. The Kier molecular flexibility index (Phi) is 6.43. The Balaban J connectivity index is 1.40. The van der Waals surface area contributed by atoms with E-state index >= 15 is 0 Å². The summed E-state index contributed by atoms with van der Waals surface area (Å²) in [6, 6.07) is 53.8. The van der Waals surface area contributed by atoms with Gasteiger partial charge in [-0.1, -0.05) is 146 Å². The highest BCUT2D eigenvalue weighted by Crippen LogP contribution is 2.34. The van der Waals surface area contributed by atoms with Crippen LogP contribution < -0.4 is 0 Å². The molecule has 8 rings (SSSR count). The number of hydrogen-bond donors (Lipinski definition) is 0. The van der Waals surface area contributed by atoms with Gasteiger partial charge in [-0.05, 0) is 33.7 Å². The summed E-state index contributed by atoms with van der Waals surface area (Å²) in [5.74, 6) is 1.31. The van der Waals surface area contributed by atoms with E-state index in [0.29, 0.717) is 11.6 Å². The monoisotopic (exact) mass is 562 g/mol. The molecule has 0 fully saturated rings. The van der Waals surface area contributed by atoms with Crippen LogP contribution >= 0.6 is 0 Å². The Bertz CT molecular complexity index is 2100. The Hall–Kier alpha value is -6.00. The predicted molar refractivity (Wildman–Crippen MR) is 180 cm³/mol. The molecule has 0 saturated heterocycles. The van der Waals surface area contributed by atoms with E-state index < -0.39 is 0 Å². The van der Waals surface area contributed by atoms with Crippen LogP contribution in [0.5, 0.6) is 0 Å². The van der Waals surface area contributed by atoms with Gasteiger partial charge in [0.05, 0.1) is 22.8 Å². The summed E-state index contributed by atoms with van der Waals surface area (Å²) in [5, 5.41) is 4.50. The molecule has 4 heteroatoms. The molecular weight excluding hydrogens is 536 g/mol. The van der Waals surface area contributed by atoms with E-state index in [4.69, 9.17) is 19.9 Å². The van der Waals surface area contributed by atoms with Crippen LogP contribution in [0.25, 0.3) is 78.2 Å². The summed E-state index contributed by atoms with van der Waals surface area (Å²) < 4.78 is 0. The smallest absolute Gasteiger partial charge is 0.161 e. The van der Waals surface area contributed by atoms with Gasteiger partial charge in [-0.15, -0.1) is 0 Å². The van der Waals surface area contributed by atoms with Gasteiger partial charge >= 0.3 is 0 Å². The average Bonchev–Trinajstić information content (AvgIpc) is 3.11. The first-order chi connectivity index (χ1) is 21.8. The second-order valence-electron chi connectivity index (χ2n) is 10.7. The quantitative estimate of drug-likeness (QED) is 0.209. The largest absolute Gasteiger partial charge is 0.228 e. The van der Waals surface area contributed by atoms with Crippen LogP contribution in [0.15, 0.2) is 158 Å². The van der Waals surface area contributed by atoms with Gasteiger partial charge in [0.2, 0.25) is 0 Å². The minimum atomic E-state index is 0.657. The number of hydrogen-bond acceptors (Lipinski definition) is 4. The third kappa shape index (κ3) is 4.79. The molecule has 6 aromatic carbocycles. The number of rotatable bonds is 5. The molecule has 206 valence electrons. The number of nitrogens with zero attached hydrogens (tertiary/aromatic N) is 4. The van der Waals surface area contributed by atoms with Gasteiger partial charge in [-0.25, -0.2) is 19.9 Å². The normalized spacial score (nSPS) is 11.2. The fourth-order valence-corrected chi connectivity index (χ4v) is 5.75. The molecule has 0 atom stereocenters. The van der Waals surface area contributed by atoms with Crippen LogP contribution in [-0.4, -0.2) is 19.9 Å². The van der Waals surface area contributed by atoms with Crippen molar-refractivity contribution in [3.63, 3.8) is 0 Å². The second-order valence-corrected chi connectivity index (χ2v) is 10.7. The molecular formula is C40H26N4. The summed E-state index contributed by atoms with van der Waals surface area (Å²) in [6.07, 6.45) is 0. The van der Waals surface area contributed by atoms with Crippen LogP contribution in [0.3, 0.4) is 0 Å². The standard InChI is InChI=1S/C40H26N4/c1-3-15-29(16-4-1)35-25-37(43-39(41-35)33-23-11-19-27-13-7-9-21-31(27)33)38-26-36(30-17-5-2-6-18-30)42-40(44-38)34-24-12-20-28-14-8-10-22-32(28)34/h1-26H. The Labute approximate surface area is 255 Å². The van der Waals surface area contributed by atoms with Gasteiger partial charge in [0.25, 0.3) is 0 Å². The highest BCUT2D eigenvalue weighted by molar-refractivity contribution is 5.96.